The molecule has 120 valence electrons. The molecule has 0 aromatic heterocycles. The molecule has 3 rings (SSSR count). The Morgan fingerprint density at radius 2 is 2.23 bits per heavy atom. The number of amides is 1. The second-order valence-electron chi connectivity index (χ2n) is 5.75. The molecule has 2 aliphatic heterocycles. The van der Waals surface area contributed by atoms with E-state index in [1.54, 1.807) is 23.1 Å². The number of sulfonamides is 1. The van der Waals surface area contributed by atoms with E-state index in [1.165, 1.54) is 6.92 Å². The first-order valence-corrected chi connectivity index (χ1v) is 8.97. The van der Waals surface area contributed by atoms with Gasteiger partial charge in [-0.1, -0.05) is 0 Å². The van der Waals surface area contributed by atoms with Gasteiger partial charge in [-0.15, -0.1) is 0 Å². The lowest BCUT2D eigenvalue weighted by Crippen LogP contribution is -2.36. The van der Waals surface area contributed by atoms with Crippen LogP contribution in [0.1, 0.15) is 25.3 Å². The third-order valence-electron chi connectivity index (χ3n) is 4.11. The molecule has 0 saturated carbocycles. The third-order valence-corrected chi connectivity index (χ3v) is 5.63. The van der Waals surface area contributed by atoms with E-state index in [1.807, 2.05) is 0 Å². The second-order valence-corrected chi connectivity index (χ2v) is 7.46. The number of aryl methyl sites for hydroxylation is 1. The van der Waals surface area contributed by atoms with Crippen molar-refractivity contribution < 1.29 is 17.9 Å². The van der Waals surface area contributed by atoms with Gasteiger partial charge >= 0.3 is 0 Å². The summed E-state index contributed by atoms with van der Waals surface area (Å²) in [6, 6.07) is 4.82. The standard InChI is InChI=1S/C15H20N2O4S/c1-11(18)17-7-2-3-12-9-14(4-5-15(12)17)22(19,20)16-13-6-8-21-10-13/h4-5,9,13,16H,2-3,6-8,10H2,1H3. The van der Waals surface area contributed by atoms with Gasteiger partial charge in [0.2, 0.25) is 15.9 Å². The third kappa shape index (κ3) is 3.02. The predicted molar refractivity (Wildman–Crippen MR) is 82.3 cm³/mol. The largest absolute Gasteiger partial charge is 0.380 e. The van der Waals surface area contributed by atoms with Crippen molar-refractivity contribution in [3.63, 3.8) is 0 Å². The average Bonchev–Trinajstić information content (AvgIpc) is 2.98. The van der Waals surface area contributed by atoms with Crippen LogP contribution in [0.25, 0.3) is 0 Å². The Morgan fingerprint density at radius 3 is 2.91 bits per heavy atom. The van der Waals surface area contributed by atoms with E-state index in [0.29, 0.717) is 26.2 Å². The van der Waals surface area contributed by atoms with Gasteiger partial charge in [0, 0.05) is 31.8 Å². The van der Waals surface area contributed by atoms with Crippen molar-refractivity contribution in [1.82, 2.24) is 4.72 Å². The van der Waals surface area contributed by atoms with Crippen LogP contribution in [0.4, 0.5) is 5.69 Å². The van der Waals surface area contributed by atoms with Gasteiger partial charge in [-0.2, -0.15) is 0 Å². The van der Waals surface area contributed by atoms with Crippen molar-refractivity contribution in [2.24, 2.45) is 0 Å². The molecule has 0 aliphatic carbocycles. The van der Waals surface area contributed by atoms with Crippen LogP contribution in [-0.2, 0) is 26.0 Å². The summed E-state index contributed by atoms with van der Waals surface area (Å²) in [4.78, 5) is 13.6. The quantitative estimate of drug-likeness (QED) is 0.902. The minimum absolute atomic E-state index is 0.0159. The van der Waals surface area contributed by atoms with Gasteiger partial charge < -0.3 is 9.64 Å². The molecular weight excluding hydrogens is 304 g/mol. The zero-order chi connectivity index (χ0) is 15.7. The lowest BCUT2D eigenvalue weighted by molar-refractivity contribution is -0.116. The van der Waals surface area contributed by atoms with Gasteiger partial charge in [0.15, 0.2) is 0 Å². The maximum absolute atomic E-state index is 12.4. The highest BCUT2D eigenvalue weighted by atomic mass is 32.2. The summed E-state index contributed by atoms with van der Waals surface area (Å²) in [5, 5.41) is 0. The number of nitrogens with zero attached hydrogens (tertiary/aromatic N) is 1. The van der Waals surface area contributed by atoms with Crippen LogP contribution in [0.15, 0.2) is 23.1 Å². The molecule has 22 heavy (non-hydrogen) atoms. The summed E-state index contributed by atoms with van der Waals surface area (Å²) in [7, 11) is -3.55. The molecule has 1 unspecified atom stereocenters. The van der Waals surface area contributed by atoms with E-state index in [4.69, 9.17) is 4.74 Å². The topological polar surface area (TPSA) is 75.7 Å². The van der Waals surface area contributed by atoms with Crippen LogP contribution >= 0.6 is 0 Å². The van der Waals surface area contributed by atoms with Crippen LogP contribution in [-0.4, -0.2) is 40.1 Å². The number of ether oxygens (including phenoxy) is 1. The molecule has 7 heteroatoms. The van der Waals surface area contributed by atoms with E-state index < -0.39 is 10.0 Å². The van der Waals surface area contributed by atoms with Crippen molar-refractivity contribution in [3.05, 3.63) is 23.8 Å². The monoisotopic (exact) mass is 324 g/mol. The van der Waals surface area contributed by atoms with Crippen LogP contribution in [0.2, 0.25) is 0 Å². The SMILES string of the molecule is CC(=O)N1CCCc2cc(S(=O)(=O)NC3CCOC3)ccc21. The number of rotatable bonds is 3. The number of nitrogens with one attached hydrogen (secondary N) is 1. The predicted octanol–water partition coefficient (Wildman–Crippen LogP) is 1.05. The Labute approximate surface area is 130 Å². The Kier molecular flexibility index (Phi) is 4.20. The Morgan fingerprint density at radius 1 is 1.41 bits per heavy atom. The van der Waals surface area contributed by atoms with E-state index >= 15 is 0 Å². The van der Waals surface area contributed by atoms with Crippen molar-refractivity contribution in [2.45, 2.75) is 37.1 Å². The molecule has 1 N–H and O–H groups in total. The van der Waals surface area contributed by atoms with Crippen LogP contribution in [0.3, 0.4) is 0 Å². The highest BCUT2D eigenvalue weighted by molar-refractivity contribution is 7.89. The molecule has 2 aliphatic rings. The molecule has 1 amide bonds. The van der Waals surface area contributed by atoms with Gasteiger partial charge in [0.1, 0.15) is 0 Å². The number of hydrogen-bond donors (Lipinski definition) is 1. The van der Waals surface area contributed by atoms with Crippen molar-refractivity contribution >= 4 is 21.6 Å². The van der Waals surface area contributed by atoms with Crippen molar-refractivity contribution in [2.75, 3.05) is 24.7 Å². The number of carbonyl (C=O) groups excluding carboxylic acids is 1. The average molecular weight is 324 g/mol. The van der Waals surface area contributed by atoms with Crippen LogP contribution in [0.5, 0.6) is 0 Å². The van der Waals surface area contributed by atoms with E-state index in [9.17, 15) is 13.2 Å². The number of hydrogen-bond acceptors (Lipinski definition) is 4. The van der Waals surface area contributed by atoms with E-state index in [-0.39, 0.29) is 16.8 Å². The minimum Gasteiger partial charge on any atom is -0.380 e. The molecule has 6 nitrogen and oxygen atoms in total. The first kappa shape index (κ1) is 15.5. The summed E-state index contributed by atoms with van der Waals surface area (Å²) >= 11 is 0. The van der Waals surface area contributed by atoms with Gasteiger partial charge in [0.25, 0.3) is 0 Å². The summed E-state index contributed by atoms with van der Waals surface area (Å²) < 4.78 is 32.8. The smallest absolute Gasteiger partial charge is 0.240 e. The number of benzene rings is 1. The molecule has 0 radical (unpaired) electrons. The van der Waals surface area contributed by atoms with Crippen molar-refractivity contribution in [1.29, 1.82) is 0 Å². The minimum atomic E-state index is -3.55. The first-order chi connectivity index (χ1) is 10.5. The first-order valence-electron chi connectivity index (χ1n) is 7.48. The van der Waals surface area contributed by atoms with Crippen LogP contribution < -0.4 is 9.62 Å². The van der Waals surface area contributed by atoms with E-state index in [2.05, 4.69) is 4.72 Å². The molecular formula is C15H20N2O4S. The summed E-state index contributed by atoms with van der Waals surface area (Å²) in [5.74, 6) is -0.0159. The summed E-state index contributed by atoms with van der Waals surface area (Å²) in [5.41, 5.74) is 1.73. The van der Waals surface area contributed by atoms with E-state index in [0.717, 1.165) is 24.1 Å². The molecule has 1 saturated heterocycles. The molecule has 1 atom stereocenters. The second kappa shape index (κ2) is 5.98. The molecule has 2 heterocycles. The van der Waals surface area contributed by atoms with Crippen LogP contribution in [0, 0.1) is 0 Å². The maximum atomic E-state index is 12.4. The summed E-state index contributed by atoms with van der Waals surface area (Å²) in [6.07, 6.45) is 2.33. The Hall–Kier alpha value is -1.44. The van der Waals surface area contributed by atoms with Crippen molar-refractivity contribution in [3.8, 4) is 0 Å². The summed E-state index contributed by atoms with van der Waals surface area (Å²) in [6.45, 7) is 3.22. The molecule has 0 bridgehead atoms. The highest BCUT2D eigenvalue weighted by Crippen LogP contribution is 2.29. The highest BCUT2D eigenvalue weighted by Gasteiger charge is 2.26. The number of anilines is 1. The Bertz CT molecular complexity index is 681. The van der Waals surface area contributed by atoms with Gasteiger partial charge in [-0.05, 0) is 43.0 Å². The maximum Gasteiger partial charge on any atom is 0.240 e. The zero-order valence-corrected chi connectivity index (χ0v) is 13.4. The van der Waals surface area contributed by atoms with Gasteiger partial charge in [-0.25, -0.2) is 13.1 Å². The zero-order valence-electron chi connectivity index (χ0n) is 12.5. The lowest BCUT2D eigenvalue weighted by Gasteiger charge is -2.29. The fourth-order valence-corrected chi connectivity index (χ4v) is 4.29. The number of carbonyl (C=O) groups is 1. The molecule has 1 fully saturated rings. The fraction of sp³-hybridized carbons (Fsp3) is 0.533. The molecule has 0 spiro atoms. The fourth-order valence-electron chi connectivity index (χ4n) is 2.98. The Balaban J connectivity index is 1.88. The van der Waals surface area contributed by atoms with Gasteiger partial charge in [0.05, 0.1) is 11.5 Å². The van der Waals surface area contributed by atoms with Gasteiger partial charge in [-0.3, -0.25) is 4.79 Å². The molecule has 1 aromatic rings. The number of fused-ring (bicyclic) bond motifs is 1. The lowest BCUT2D eigenvalue weighted by atomic mass is 10.0. The normalized spacial score (nSPS) is 21.7. The molecule has 1 aromatic carbocycles.